The number of nitro groups is 1. The highest BCUT2D eigenvalue weighted by Crippen LogP contribution is 2.26. The second kappa shape index (κ2) is 7.15. The minimum atomic E-state index is -0.275. The Kier molecular flexibility index (Phi) is 4.78. The van der Waals surface area contributed by atoms with Crippen molar-refractivity contribution in [1.82, 2.24) is 4.98 Å². The number of rotatable bonds is 6. The van der Waals surface area contributed by atoms with Crippen molar-refractivity contribution in [2.24, 2.45) is 0 Å². The van der Waals surface area contributed by atoms with E-state index in [9.17, 15) is 10.1 Å². The molecule has 0 unspecified atom stereocenters. The molecule has 0 aliphatic carbocycles. The zero-order valence-electron chi connectivity index (χ0n) is 12.4. The second-order valence-corrected chi connectivity index (χ2v) is 6.10. The van der Waals surface area contributed by atoms with Gasteiger partial charge in [-0.3, -0.25) is 10.1 Å². The van der Waals surface area contributed by atoms with E-state index >= 15 is 0 Å². The molecule has 0 spiro atoms. The molecule has 3 rings (SSSR count). The molecule has 1 N–H and O–H groups in total. The van der Waals surface area contributed by atoms with Crippen LogP contribution >= 0.6 is 11.8 Å². The van der Waals surface area contributed by atoms with Crippen LogP contribution in [0.1, 0.15) is 11.1 Å². The molecule has 3 aromatic rings. The van der Waals surface area contributed by atoms with Gasteiger partial charge in [-0.2, -0.15) is 0 Å². The van der Waals surface area contributed by atoms with Gasteiger partial charge in [-0.25, -0.2) is 0 Å². The molecular weight excluding hydrogens is 308 g/mol. The van der Waals surface area contributed by atoms with Crippen molar-refractivity contribution in [3.8, 4) is 0 Å². The molecule has 0 fully saturated rings. The summed E-state index contributed by atoms with van der Waals surface area (Å²) in [5, 5.41) is 13.7. The number of fused-ring (bicyclic) bond motifs is 1. The van der Waals surface area contributed by atoms with Gasteiger partial charge in [-0.05, 0) is 40.8 Å². The van der Waals surface area contributed by atoms with Gasteiger partial charge in [0.25, 0.3) is 0 Å². The van der Waals surface area contributed by atoms with Crippen LogP contribution in [0.25, 0.3) is 17.0 Å². The fourth-order valence-corrected chi connectivity index (χ4v) is 3.20. The van der Waals surface area contributed by atoms with Gasteiger partial charge in [0, 0.05) is 33.3 Å². The Hall–Kier alpha value is -2.53. The van der Waals surface area contributed by atoms with Crippen LogP contribution in [0.5, 0.6) is 0 Å². The molecule has 2 aromatic carbocycles. The van der Waals surface area contributed by atoms with Gasteiger partial charge in [0.2, 0.25) is 6.54 Å². The molecular formula is C18H16N2O2S. The lowest BCUT2D eigenvalue weighted by Crippen LogP contribution is -2.03. The molecule has 0 atom stereocenters. The highest BCUT2D eigenvalue weighted by atomic mass is 32.2. The van der Waals surface area contributed by atoms with Gasteiger partial charge < -0.3 is 4.98 Å². The Morgan fingerprint density at radius 1 is 1.13 bits per heavy atom. The molecule has 0 aliphatic heterocycles. The van der Waals surface area contributed by atoms with E-state index in [0.29, 0.717) is 6.42 Å². The molecule has 0 saturated carbocycles. The number of aromatic nitrogens is 1. The molecule has 0 amide bonds. The first-order valence-electron chi connectivity index (χ1n) is 7.33. The minimum absolute atomic E-state index is 0.0518. The number of aromatic amines is 1. The number of hydrogen-bond acceptors (Lipinski definition) is 3. The van der Waals surface area contributed by atoms with Crippen LogP contribution in [0.15, 0.2) is 65.0 Å². The predicted molar refractivity (Wildman–Crippen MR) is 95.2 cm³/mol. The minimum Gasteiger partial charge on any atom is -0.361 e. The van der Waals surface area contributed by atoms with Crippen molar-refractivity contribution in [3.05, 3.63) is 81.4 Å². The van der Waals surface area contributed by atoms with E-state index in [1.807, 2.05) is 48.0 Å². The number of nitrogens with zero attached hydrogens (tertiary/aromatic N) is 1. The monoisotopic (exact) mass is 324 g/mol. The lowest BCUT2D eigenvalue weighted by atomic mass is 10.0. The van der Waals surface area contributed by atoms with Crippen molar-refractivity contribution in [2.45, 2.75) is 11.3 Å². The van der Waals surface area contributed by atoms with E-state index in [2.05, 4.69) is 23.2 Å². The Balaban J connectivity index is 1.85. The van der Waals surface area contributed by atoms with Crippen molar-refractivity contribution in [3.63, 3.8) is 0 Å². The van der Waals surface area contributed by atoms with Gasteiger partial charge in [0.1, 0.15) is 0 Å². The topological polar surface area (TPSA) is 58.9 Å². The molecule has 0 saturated heterocycles. The Bertz CT molecular complexity index is 841. The molecule has 5 heteroatoms. The molecule has 23 heavy (non-hydrogen) atoms. The highest BCUT2D eigenvalue weighted by Gasteiger charge is 2.09. The van der Waals surface area contributed by atoms with Gasteiger partial charge in [-0.15, -0.1) is 0 Å². The zero-order valence-corrected chi connectivity index (χ0v) is 13.3. The molecule has 1 heterocycles. The van der Waals surface area contributed by atoms with Gasteiger partial charge >= 0.3 is 0 Å². The standard InChI is InChI=1S/C18H16N2O2S/c21-20(22)11-9-15-13-19-17-8-4-5-14(18(15)17)10-12-23-16-6-2-1-3-7-16/h1-8,10,12-13,19H,9,11H2/b12-10-. The number of nitrogens with one attached hydrogen (secondary N) is 1. The molecule has 4 nitrogen and oxygen atoms in total. The Morgan fingerprint density at radius 2 is 1.96 bits per heavy atom. The van der Waals surface area contributed by atoms with Crippen molar-refractivity contribution in [1.29, 1.82) is 0 Å². The van der Waals surface area contributed by atoms with Crippen molar-refractivity contribution >= 4 is 28.7 Å². The van der Waals surface area contributed by atoms with E-state index in [1.165, 1.54) is 4.90 Å². The number of hydrogen-bond donors (Lipinski definition) is 1. The quantitative estimate of drug-likeness (QED) is 0.404. The summed E-state index contributed by atoms with van der Waals surface area (Å²) < 4.78 is 0. The fourth-order valence-electron chi connectivity index (χ4n) is 2.52. The summed E-state index contributed by atoms with van der Waals surface area (Å²) in [5.74, 6) is 0. The first-order chi connectivity index (χ1) is 11.2. The third-order valence-electron chi connectivity index (χ3n) is 3.58. The summed E-state index contributed by atoms with van der Waals surface area (Å²) in [5.41, 5.74) is 3.07. The lowest BCUT2D eigenvalue weighted by molar-refractivity contribution is -0.479. The molecule has 0 radical (unpaired) electrons. The third kappa shape index (κ3) is 3.81. The van der Waals surface area contributed by atoms with Crippen LogP contribution in [-0.4, -0.2) is 16.5 Å². The van der Waals surface area contributed by atoms with Gasteiger partial charge in [0.15, 0.2) is 0 Å². The largest absolute Gasteiger partial charge is 0.361 e. The smallest absolute Gasteiger partial charge is 0.207 e. The lowest BCUT2D eigenvalue weighted by Gasteiger charge is -2.01. The van der Waals surface area contributed by atoms with Crippen LogP contribution < -0.4 is 0 Å². The van der Waals surface area contributed by atoms with Gasteiger partial charge in [-0.1, -0.05) is 42.1 Å². The summed E-state index contributed by atoms with van der Waals surface area (Å²) in [7, 11) is 0. The van der Waals surface area contributed by atoms with Crippen molar-refractivity contribution in [2.75, 3.05) is 6.54 Å². The SMILES string of the molecule is O=[N+]([O-])CCc1c[nH]c2cccc(/C=C\Sc3ccccc3)c12. The summed E-state index contributed by atoms with van der Waals surface area (Å²) in [6.07, 6.45) is 4.36. The van der Waals surface area contributed by atoms with Crippen LogP contribution in [0.3, 0.4) is 0 Å². The second-order valence-electron chi connectivity index (χ2n) is 5.12. The van der Waals surface area contributed by atoms with Crippen LogP contribution in [0.4, 0.5) is 0 Å². The average molecular weight is 324 g/mol. The van der Waals surface area contributed by atoms with Crippen LogP contribution in [-0.2, 0) is 6.42 Å². The zero-order chi connectivity index (χ0) is 16.1. The Morgan fingerprint density at radius 3 is 2.74 bits per heavy atom. The van der Waals surface area contributed by atoms with E-state index in [0.717, 1.165) is 22.0 Å². The van der Waals surface area contributed by atoms with Gasteiger partial charge in [0.05, 0.1) is 0 Å². The molecule has 116 valence electrons. The number of H-pyrrole nitrogens is 1. The van der Waals surface area contributed by atoms with E-state index in [4.69, 9.17) is 0 Å². The maximum atomic E-state index is 10.6. The first kappa shape index (κ1) is 15.4. The van der Waals surface area contributed by atoms with Crippen LogP contribution in [0, 0.1) is 10.1 Å². The predicted octanol–water partition coefficient (Wildman–Crippen LogP) is 4.75. The summed E-state index contributed by atoms with van der Waals surface area (Å²) in [6.45, 7) is -0.0518. The third-order valence-corrected chi connectivity index (χ3v) is 4.39. The highest BCUT2D eigenvalue weighted by molar-refractivity contribution is 8.02. The summed E-state index contributed by atoms with van der Waals surface area (Å²) in [4.78, 5) is 14.7. The van der Waals surface area contributed by atoms with Crippen molar-refractivity contribution < 1.29 is 4.92 Å². The first-order valence-corrected chi connectivity index (χ1v) is 8.21. The normalized spacial score (nSPS) is 11.3. The maximum Gasteiger partial charge on any atom is 0.207 e. The number of thioether (sulfide) groups is 1. The summed E-state index contributed by atoms with van der Waals surface area (Å²) in [6, 6.07) is 16.2. The number of benzene rings is 2. The maximum absolute atomic E-state index is 10.6. The molecule has 0 bridgehead atoms. The molecule has 1 aromatic heterocycles. The fraction of sp³-hybridized carbons (Fsp3) is 0.111. The summed E-state index contributed by atoms with van der Waals surface area (Å²) >= 11 is 1.65. The van der Waals surface area contributed by atoms with E-state index < -0.39 is 0 Å². The molecule has 0 aliphatic rings. The van der Waals surface area contributed by atoms with E-state index in [-0.39, 0.29) is 11.5 Å². The average Bonchev–Trinajstić information content (AvgIpc) is 2.98. The Labute approximate surface area is 138 Å². The van der Waals surface area contributed by atoms with E-state index in [1.54, 1.807) is 11.8 Å². The van der Waals surface area contributed by atoms with Crippen LogP contribution in [0.2, 0.25) is 0 Å².